The Labute approximate surface area is 105 Å². The predicted molar refractivity (Wildman–Crippen MR) is 73.0 cm³/mol. The molecule has 16 heavy (non-hydrogen) atoms. The summed E-state index contributed by atoms with van der Waals surface area (Å²) in [5, 5.41) is 14.3. The molecular weight excluding hydrogens is 218 g/mol. The van der Waals surface area contributed by atoms with Gasteiger partial charge >= 0.3 is 0 Å². The summed E-state index contributed by atoms with van der Waals surface area (Å²) in [6.07, 6.45) is 8.40. The molecule has 0 aliphatic heterocycles. The van der Waals surface area contributed by atoms with E-state index < -0.39 is 0 Å². The van der Waals surface area contributed by atoms with Crippen molar-refractivity contribution in [1.82, 2.24) is 5.32 Å². The third kappa shape index (κ3) is 4.27. The van der Waals surface area contributed by atoms with Gasteiger partial charge in [-0.1, -0.05) is 33.1 Å². The van der Waals surface area contributed by atoms with Crippen molar-refractivity contribution in [3.63, 3.8) is 0 Å². The Hall–Kier alpha value is 0.270. The molecule has 96 valence electrons. The first-order valence-electron chi connectivity index (χ1n) is 6.63. The molecule has 0 spiro atoms. The lowest BCUT2D eigenvalue weighted by molar-refractivity contribution is 0.108. The van der Waals surface area contributed by atoms with Gasteiger partial charge in [-0.25, -0.2) is 0 Å². The van der Waals surface area contributed by atoms with Gasteiger partial charge in [0.05, 0.1) is 6.10 Å². The van der Waals surface area contributed by atoms with E-state index in [9.17, 15) is 5.11 Å². The van der Waals surface area contributed by atoms with E-state index in [4.69, 9.17) is 0 Å². The van der Waals surface area contributed by atoms with Crippen LogP contribution in [0.1, 0.15) is 46.0 Å². The molecule has 0 radical (unpaired) electrons. The number of hydrogen-bond donors (Lipinski definition) is 2. The highest BCUT2D eigenvalue weighted by Crippen LogP contribution is 2.27. The fourth-order valence-electron chi connectivity index (χ4n) is 2.36. The lowest BCUT2D eigenvalue weighted by Gasteiger charge is -2.32. The van der Waals surface area contributed by atoms with Crippen LogP contribution >= 0.6 is 11.8 Å². The summed E-state index contributed by atoms with van der Waals surface area (Å²) in [5.74, 6) is 0.406. The van der Waals surface area contributed by atoms with Crippen LogP contribution in [0.15, 0.2) is 0 Å². The first-order chi connectivity index (χ1) is 7.69. The number of aliphatic hydroxyl groups is 1. The summed E-state index contributed by atoms with van der Waals surface area (Å²) < 4.78 is 0. The molecule has 1 rings (SSSR count). The molecule has 1 fully saturated rings. The van der Waals surface area contributed by atoms with Crippen LogP contribution in [-0.4, -0.2) is 35.3 Å². The maximum absolute atomic E-state index is 9.94. The number of hydrogen-bond acceptors (Lipinski definition) is 3. The summed E-state index contributed by atoms with van der Waals surface area (Å²) in [6.45, 7) is 5.02. The van der Waals surface area contributed by atoms with E-state index in [1.165, 1.54) is 25.7 Å². The Morgan fingerprint density at radius 1 is 1.38 bits per heavy atom. The van der Waals surface area contributed by atoms with E-state index in [1.807, 2.05) is 11.8 Å². The van der Waals surface area contributed by atoms with Crippen LogP contribution in [-0.2, 0) is 0 Å². The lowest BCUT2D eigenvalue weighted by Crippen LogP contribution is -2.44. The normalized spacial score (nSPS) is 30.0. The van der Waals surface area contributed by atoms with Gasteiger partial charge in [-0.2, -0.15) is 11.8 Å². The summed E-state index contributed by atoms with van der Waals surface area (Å²) >= 11 is 1.98. The Balaban J connectivity index is 2.29. The van der Waals surface area contributed by atoms with E-state index >= 15 is 0 Å². The highest BCUT2D eigenvalue weighted by molar-refractivity contribution is 7.99. The third-order valence-electron chi connectivity index (χ3n) is 3.90. The van der Waals surface area contributed by atoms with Crippen LogP contribution in [0.5, 0.6) is 0 Å². The van der Waals surface area contributed by atoms with E-state index in [0.717, 1.165) is 18.2 Å². The average molecular weight is 245 g/mol. The van der Waals surface area contributed by atoms with Gasteiger partial charge in [0.25, 0.3) is 0 Å². The SMILES string of the molecule is CCC(C)C(O)CNC1CCCCC1SC. The average Bonchev–Trinajstić information content (AvgIpc) is 2.35. The van der Waals surface area contributed by atoms with Gasteiger partial charge in [0.1, 0.15) is 0 Å². The Morgan fingerprint density at radius 2 is 2.06 bits per heavy atom. The Kier molecular flexibility index (Phi) is 6.78. The van der Waals surface area contributed by atoms with Crippen molar-refractivity contribution in [2.75, 3.05) is 12.8 Å². The van der Waals surface area contributed by atoms with Crippen molar-refractivity contribution in [2.24, 2.45) is 5.92 Å². The van der Waals surface area contributed by atoms with Gasteiger partial charge in [0.2, 0.25) is 0 Å². The molecule has 0 saturated heterocycles. The summed E-state index contributed by atoms with van der Waals surface area (Å²) in [6, 6.07) is 0.613. The van der Waals surface area contributed by atoms with E-state index in [2.05, 4.69) is 25.4 Å². The topological polar surface area (TPSA) is 32.3 Å². The van der Waals surface area contributed by atoms with Gasteiger partial charge in [-0.15, -0.1) is 0 Å². The van der Waals surface area contributed by atoms with Crippen LogP contribution in [0.3, 0.4) is 0 Å². The number of nitrogens with one attached hydrogen (secondary N) is 1. The molecule has 1 aliphatic rings. The molecule has 0 bridgehead atoms. The minimum Gasteiger partial charge on any atom is -0.392 e. The predicted octanol–water partition coefficient (Wildman–Crippen LogP) is 2.66. The Bertz CT molecular complexity index is 189. The first kappa shape index (κ1) is 14.3. The van der Waals surface area contributed by atoms with Gasteiger partial charge in [0.15, 0.2) is 0 Å². The van der Waals surface area contributed by atoms with Crippen LogP contribution in [0.2, 0.25) is 0 Å². The fourth-order valence-corrected chi connectivity index (χ4v) is 3.32. The van der Waals surface area contributed by atoms with Crippen LogP contribution < -0.4 is 5.32 Å². The molecule has 0 aromatic heterocycles. The quantitative estimate of drug-likeness (QED) is 0.754. The van der Waals surface area contributed by atoms with Crippen LogP contribution in [0, 0.1) is 5.92 Å². The van der Waals surface area contributed by atoms with Gasteiger partial charge in [0, 0.05) is 17.8 Å². The highest BCUT2D eigenvalue weighted by Gasteiger charge is 2.24. The second-order valence-electron chi connectivity index (χ2n) is 5.03. The van der Waals surface area contributed by atoms with Crippen molar-refractivity contribution in [2.45, 2.75) is 63.3 Å². The molecule has 4 atom stereocenters. The molecule has 3 heteroatoms. The molecule has 0 aromatic carbocycles. The lowest BCUT2D eigenvalue weighted by atomic mass is 9.94. The van der Waals surface area contributed by atoms with Crippen molar-refractivity contribution >= 4 is 11.8 Å². The van der Waals surface area contributed by atoms with E-state index in [0.29, 0.717) is 12.0 Å². The van der Waals surface area contributed by atoms with Crippen molar-refractivity contribution in [3.05, 3.63) is 0 Å². The van der Waals surface area contributed by atoms with Crippen LogP contribution in [0.25, 0.3) is 0 Å². The van der Waals surface area contributed by atoms with Crippen molar-refractivity contribution < 1.29 is 5.11 Å². The van der Waals surface area contributed by atoms with E-state index in [-0.39, 0.29) is 6.10 Å². The molecule has 1 saturated carbocycles. The first-order valence-corrected chi connectivity index (χ1v) is 7.92. The molecule has 0 amide bonds. The van der Waals surface area contributed by atoms with Gasteiger partial charge in [-0.05, 0) is 25.0 Å². The van der Waals surface area contributed by atoms with Gasteiger partial charge < -0.3 is 10.4 Å². The standard InChI is InChI=1S/C13H27NOS/c1-4-10(2)12(15)9-14-11-7-5-6-8-13(11)16-3/h10-15H,4-9H2,1-3H3. The monoisotopic (exact) mass is 245 g/mol. The molecule has 2 nitrogen and oxygen atoms in total. The molecular formula is C13H27NOS. The smallest absolute Gasteiger partial charge is 0.0690 e. The zero-order valence-corrected chi connectivity index (χ0v) is 11.7. The number of rotatable bonds is 6. The largest absolute Gasteiger partial charge is 0.392 e. The zero-order chi connectivity index (χ0) is 12.0. The Morgan fingerprint density at radius 3 is 2.69 bits per heavy atom. The molecule has 4 unspecified atom stereocenters. The second kappa shape index (κ2) is 7.57. The third-order valence-corrected chi connectivity index (χ3v) is 5.07. The second-order valence-corrected chi connectivity index (χ2v) is 6.10. The summed E-state index contributed by atoms with van der Waals surface area (Å²) in [7, 11) is 0. The van der Waals surface area contributed by atoms with Gasteiger partial charge in [-0.3, -0.25) is 0 Å². The number of aliphatic hydroxyl groups excluding tert-OH is 1. The highest BCUT2D eigenvalue weighted by atomic mass is 32.2. The van der Waals surface area contributed by atoms with Crippen molar-refractivity contribution in [3.8, 4) is 0 Å². The minimum atomic E-state index is -0.186. The van der Waals surface area contributed by atoms with Crippen molar-refractivity contribution in [1.29, 1.82) is 0 Å². The summed E-state index contributed by atoms with van der Waals surface area (Å²) in [5.41, 5.74) is 0. The maximum atomic E-state index is 9.94. The molecule has 2 N–H and O–H groups in total. The minimum absolute atomic E-state index is 0.186. The summed E-state index contributed by atoms with van der Waals surface area (Å²) in [4.78, 5) is 0. The maximum Gasteiger partial charge on any atom is 0.0690 e. The number of thioether (sulfide) groups is 1. The molecule has 0 heterocycles. The fraction of sp³-hybridized carbons (Fsp3) is 1.00. The zero-order valence-electron chi connectivity index (χ0n) is 10.9. The van der Waals surface area contributed by atoms with E-state index in [1.54, 1.807) is 0 Å². The van der Waals surface area contributed by atoms with Crippen LogP contribution in [0.4, 0.5) is 0 Å². The molecule has 0 aromatic rings. The molecule has 1 aliphatic carbocycles.